The summed E-state index contributed by atoms with van der Waals surface area (Å²) in [5.74, 6) is 2.16. The van der Waals surface area contributed by atoms with Crippen LogP contribution in [0.25, 0.3) is 21.5 Å². The summed E-state index contributed by atoms with van der Waals surface area (Å²) in [7, 11) is 0. The van der Waals surface area contributed by atoms with Crippen LogP contribution in [0.5, 0.6) is 11.5 Å². The molecule has 1 saturated heterocycles. The molecule has 1 fully saturated rings. The van der Waals surface area contributed by atoms with E-state index >= 15 is 0 Å². The molecule has 0 aliphatic carbocycles. The van der Waals surface area contributed by atoms with Gasteiger partial charge in [0.05, 0.1) is 0 Å². The lowest BCUT2D eigenvalue weighted by Gasteiger charge is -2.36. The minimum atomic E-state index is 0.693. The van der Waals surface area contributed by atoms with Crippen molar-refractivity contribution in [2.45, 2.75) is 25.9 Å². The number of rotatable bonds is 8. The van der Waals surface area contributed by atoms with Gasteiger partial charge in [0.15, 0.2) is 0 Å². The van der Waals surface area contributed by atoms with Crippen LogP contribution in [0.15, 0.2) is 72.8 Å². The Morgan fingerprint density at radius 1 is 0.475 bits per heavy atom. The van der Waals surface area contributed by atoms with Crippen LogP contribution in [0.1, 0.15) is 24.0 Å². The molecule has 0 amide bonds. The maximum absolute atomic E-state index is 6.22. The second kappa shape index (κ2) is 11.8. The predicted octanol–water partition coefficient (Wildman–Crippen LogP) is 5.39. The summed E-state index contributed by atoms with van der Waals surface area (Å²) >= 11 is 0. The SMILES string of the molecule is c1ccc2c3c(ccc2c1)CN(CCCN1CCN(CCCN2COc4c(ccc5ccccc45)C2)CC1)CO3. The maximum Gasteiger partial charge on any atom is 0.142 e. The van der Waals surface area contributed by atoms with Crippen molar-refractivity contribution < 1.29 is 9.47 Å². The normalized spacial score (nSPS) is 18.8. The van der Waals surface area contributed by atoms with Crippen molar-refractivity contribution >= 4 is 21.5 Å². The van der Waals surface area contributed by atoms with Crippen LogP contribution in [-0.4, -0.2) is 85.4 Å². The smallest absolute Gasteiger partial charge is 0.142 e. The minimum absolute atomic E-state index is 0.693. The van der Waals surface area contributed by atoms with Gasteiger partial charge in [-0.2, -0.15) is 0 Å². The monoisotopic (exact) mass is 536 g/mol. The Labute approximate surface area is 237 Å². The molecule has 0 atom stereocenters. The number of hydrogen-bond donors (Lipinski definition) is 0. The number of benzene rings is 4. The zero-order chi connectivity index (χ0) is 26.7. The third-order valence-corrected chi connectivity index (χ3v) is 8.86. The van der Waals surface area contributed by atoms with Crippen LogP contribution < -0.4 is 9.47 Å². The molecule has 4 aromatic rings. The fraction of sp³-hybridized carbons (Fsp3) is 0.412. The Bertz CT molecular complexity index is 1350. The summed E-state index contributed by atoms with van der Waals surface area (Å²) in [6, 6.07) is 26.0. The molecule has 6 heteroatoms. The Hall–Kier alpha value is -3.16. The van der Waals surface area contributed by atoms with Crippen molar-refractivity contribution in [2.75, 3.05) is 65.8 Å². The van der Waals surface area contributed by atoms with Gasteiger partial charge in [-0.15, -0.1) is 0 Å². The van der Waals surface area contributed by atoms with Crippen LogP contribution in [0.4, 0.5) is 0 Å². The number of fused-ring (bicyclic) bond motifs is 6. The molecule has 0 radical (unpaired) electrons. The zero-order valence-electron chi connectivity index (χ0n) is 23.4. The molecular weight excluding hydrogens is 496 g/mol. The Balaban J connectivity index is 0.803. The molecule has 3 aliphatic rings. The molecule has 0 unspecified atom stereocenters. The van der Waals surface area contributed by atoms with E-state index in [1.165, 1.54) is 84.8 Å². The van der Waals surface area contributed by atoms with Gasteiger partial charge in [0.1, 0.15) is 25.0 Å². The van der Waals surface area contributed by atoms with E-state index in [-0.39, 0.29) is 0 Å². The molecule has 3 aliphatic heterocycles. The largest absolute Gasteiger partial charge is 0.477 e. The Morgan fingerprint density at radius 3 is 1.38 bits per heavy atom. The van der Waals surface area contributed by atoms with Crippen molar-refractivity contribution in [3.8, 4) is 11.5 Å². The third-order valence-electron chi connectivity index (χ3n) is 8.86. The van der Waals surface area contributed by atoms with Crippen LogP contribution in [0.2, 0.25) is 0 Å². The molecule has 0 saturated carbocycles. The molecule has 40 heavy (non-hydrogen) atoms. The van der Waals surface area contributed by atoms with Crippen molar-refractivity contribution in [3.63, 3.8) is 0 Å². The van der Waals surface area contributed by atoms with E-state index in [9.17, 15) is 0 Å². The van der Waals surface area contributed by atoms with E-state index < -0.39 is 0 Å². The molecule has 4 aromatic carbocycles. The molecule has 208 valence electrons. The van der Waals surface area contributed by atoms with Crippen molar-refractivity contribution in [2.24, 2.45) is 0 Å². The van der Waals surface area contributed by atoms with Gasteiger partial charge in [0, 0.05) is 74.3 Å². The topological polar surface area (TPSA) is 31.4 Å². The van der Waals surface area contributed by atoms with Crippen LogP contribution >= 0.6 is 0 Å². The first-order valence-corrected chi connectivity index (χ1v) is 15.0. The average Bonchev–Trinajstić information content (AvgIpc) is 3.01. The average molecular weight is 537 g/mol. The molecule has 0 spiro atoms. The lowest BCUT2D eigenvalue weighted by Crippen LogP contribution is -2.47. The quantitative estimate of drug-likeness (QED) is 0.300. The summed E-state index contributed by atoms with van der Waals surface area (Å²) in [6.07, 6.45) is 2.38. The second-order valence-electron chi connectivity index (χ2n) is 11.6. The predicted molar refractivity (Wildman–Crippen MR) is 162 cm³/mol. The highest BCUT2D eigenvalue weighted by atomic mass is 16.5. The van der Waals surface area contributed by atoms with E-state index in [4.69, 9.17) is 9.47 Å². The number of ether oxygens (including phenoxy) is 2. The molecule has 0 N–H and O–H groups in total. The summed E-state index contributed by atoms with van der Waals surface area (Å²) in [5, 5.41) is 4.99. The maximum atomic E-state index is 6.22. The first kappa shape index (κ1) is 25.8. The minimum Gasteiger partial charge on any atom is -0.477 e. The number of hydrogen-bond acceptors (Lipinski definition) is 6. The van der Waals surface area contributed by atoms with E-state index in [2.05, 4.69) is 92.4 Å². The van der Waals surface area contributed by atoms with Gasteiger partial charge in [-0.25, -0.2) is 0 Å². The number of piperazine rings is 1. The van der Waals surface area contributed by atoms with Gasteiger partial charge in [-0.3, -0.25) is 9.80 Å². The van der Waals surface area contributed by atoms with Crippen LogP contribution in [0.3, 0.4) is 0 Å². The van der Waals surface area contributed by atoms with Crippen molar-refractivity contribution in [1.82, 2.24) is 19.6 Å². The van der Waals surface area contributed by atoms with Crippen LogP contribution in [0, 0.1) is 0 Å². The lowest BCUT2D eigenvalue weighted by atomic mass is 10.0. The summed E-state index contributed by atoms with van der Waals surface area (Å²) in [4.78, 5) is 10.2. The highest BCUT2D eigenvalue weighted by molar-refractivity contribution is 5.90. The van der Waals surface area contributed by atoms with Crippen molar-refractivity contribution in [1.29, 1.82) is 0 Å². The van der Waals surface area contributed by atoms with Gasteiger partial charge in [-0.05, 0) is 36.7 Å². The van der Waals surface area contributed by atoms with Gasteiger partial charge < -0.3 is 19.3 Å². The van der Waals surface area contributed by atoms with Gasteiger partial charge in [-0.1, -0.05) is 72.8 Å². The summed E-state index contributed by atoms with van der Waals surface area (Å²) < 4.78 is 12.4. The molecule has 0 bridgehead atoms. The van der Waals surface area contributed by atoms with Gasteiger partial charge >= 0.3 is 0 Å². The molecule has 6 nitrogen and oxygen atoms in total. The van der Waals surface area contributed by atoms with E-state index in [1.54, 1.807) is 0 Å². The fourth-order valence-corrected chi connectivity index (χ4v) is 6.61. The van der Waals surface area contributed by atoms with E-state index in [1.807, 2.05) is 0 Å². The molecule has 0 aromatic heterocycles. The fourth-order valence-electron chi connectivity index (χ4n) is 6.61. The van der Waals surface area contributed by atoms with E-state index in [0.717, 1.165) is 37.7 Å². The Kier molecular flexibility index (Phi) is 7.58. The van der Waals surface area contributed by atoms with Crippen LogP contribution in [-0.2, 0) is 13.1 Å². The molecule has 7 rings (SSSR count). The highest BCUT2D eigenvalue weighted by Gasteiger charge is 2.22. The molecule has 3 heterocycles. The van der Waals surface area contributed by atoms with E-state index in [0.29, 0.717) is 13.5 Å². The van der Waals surface area contributed by atoms with Gasteiger partial charge in [0.2, 0.25) is 0 Å². The molecular formula is C34H40N4O2. The van der Waals surface area contributed by atoms with Gasteiger partial charge in [0.25, 0.3) is 0 Å². The first-order valence-electron chi connectivity index (χ1n) is 15.0. The third kappa shape index (κ3) is 5.54. The summed E-state index contributed by atoms with van der Waals surface area (Å²) in [5.41, 5.74) is 2.62. The zero-order valence-corrected chi connectivity index (χ0v) is 23.4. The van der Waals surface area contributed by atoms with Crippen molar-refractivity contribution in [3.05, 3.63) is 83.9 Å². The lowest BCUT2D eigenvalue weighted by molar-refractivity contribution is 0.0785. The highest BCUT2D eigenvalue weighted by Crippen LogP contribution is 2.34. The standard InChI is InChI=1S/C34H40N4O2/c1-3-9-31-27(7-1)11-13-29-23-37(25-39-33(29)31)17-5-15-35-19-21-36(22-20-35)16-6-18-38-24-30-14-12-28-8-2-4-10-32(28)34(30)40-26-38/h1-4,7-14H,5-6,15-26H2. The summed E-state index contributed by atoms with van der Waals surface area (Å²) in [6.45, 7) is 12.6. The first-order chi connectivity index (χ1) is 19.8. The number of nitrogens with zero attached hydrogens (tertiary/aromatic N) is 4. The Morgan fingerprint density at radius 2 is 0.900 bits per heavy atom. The second-order valence-corrected chi connectivity index (χ2v) is 11.6.